The van der Waals surface area contributed by atoms with Crippen LogP contribution in [0.25, 0.3) is 21.3 Å². The number of carboxylic acid groups (broad SMARTS) is 2. The van der Waals surface area contributed by atoms with Gasteiger partial charge in [-0.15, -0.1) is 0 Å². The van der Waals surface area contributed by atoms with Crippen molar-refractivity contribution in [3.05, 3.63) is 119 Å². The zero-order chi connectivity index (χ0) is 67.2. The molecule has 27 heteroatoms. The third kappa shape index (κ3) is 17.4. The molecule has 2 unspecified atom stereocenters. The van der Waals surface area contributed by atoms with Crippen LogP contribution in [0.4, 0.5) is 26.2 Å². The molecule has 5 aliphatic rings. The molecule has 4 saturated carbocycles. The lowest BCUT2D eigenvalue weighted by molar-refractivity contribution is -0.248. The van der Waals surface area contributed by atoms with Crippen LogP contribution in [0.2, 0.25) is 0 Å². The minimum absolute atomic E-state index is 0.0423. The van der Waals surface area contributed by atoms with E-state index in [0.29, 0.717) is 86.2 Å². The van der Waals surface area contributed by atoms with E-state index in [2.05, 4.69) is 45.4 Å². The van der Waals surface area contributed by atoms with E-state index in [1.807, 2.05) is 103 Å². The SMILES string of the molecule is Cc1c(-c2ccc(N3CCc4cccc(C(=O)Nc5nc6ccccc6s5)c4C3)nc2C(=O)O)cnn1CC12CC3(C)CC(C)(C1)CC(OCCN(CCC(=O)O)C(=O)OCc1ccc(NC[C@H](CCCNC(N)=O)NC[C@@H](NC[C@@H](N)CS(=O)(=O)O)C(C)C)cc1)(C3)C2. The van der Waals surface area contributed by atoms with Crippen LogP contribution in [0.5, 0.6) is 0 Å². The number of nitrogens with two attached hydrogens (primary N) is 2. The van der Waals surface area contributed by atoms with Gasteiger partial charge in [0.05, 0.1) is 40.8 Å². The van der Waals surface area contributed by atoms with Crippen molar-refractivity contribution in [1.29, 1.82) is 0 Å². The molecule has 4 heterocycles. The summed E-state index contributed by atoms with van der Waals surface area (Å²) < 4.78 is 47.8. The number of benzene rings is 3. The number of pyridine rings is 1. The number of carboxylic acids is 2. The van der Waals surface area contributed by atoms with Crippen LogP contribution >= 0.6 is 11.3 Å². The van der Waals surface area contributed by atoms with Gasteiger partial charge >= 0.3 is 24.1 Å². The second kappa shape index (κ2) is 29.1. The molecule has 4 fully saturated rings. The van der Waals surface area contributed by atoms with Crippen LogP contribution in [0.15, 0.2) is 85.1 Å². The highest BCUT2D eigenvalue weighted by molar-refractivity contribution is 7.85. The van der Waals surface area contributed by atoms with Crippen LogP contribution in [-0.4, -0.2) is 160 Å². The van der Waals surface area contributed by atoms with E-state index in [4.69, 9.17) is 31.0 Å². The number of primary amides is 1. The number of thiazole rings is 1. The quantitative estimate of drug-likeness (QED) is 0.0140. The van der Waals surface area contributed by atoms with Crippen LogP contribution in [0, 0.1) is 29.1 Å². The Hall–Kier alpha value is -7.79. The summed E-state index contributed by atoms with van der Waals surface area (Å²) in [6.07, 6.45) is 8.17. The van der Waals surface area contributed by atoms with Gasteiger partial charge in [-0.2, -0.15) is 13.5 Å². The number of urea groups is 1. The maximum Gasteiger partial charge on any atom is 0.410 e. The van der Waals surface area contributed by atoms with Crippen molar-refractivity contribution in [2.45, 2.75) is 142 Å². The lowest BCUT2D eigenvalue weighted by atomic mass is 9.39. The summed E-state index contributed by atoms with van der Waals surface area (Å²) in [6, 6.07) is 23.0. The summed E-state index contributed by atoms with van der Waals surface area (Å²) in [5.74, 6) is -2.38. The first-order chi connectivity index (χ1) is 44.7. The van der Waals surface area contributed by atoms with Crippen molar-refractivity contribution in [2.75, 3.05) is 73.7 Å². The molecule has 11 rings (SSSR count). The van der Waals surface area contributed by atoms with Crippen LogP contribution in [0.1, 0.15) is 129 Å². The molecular weight excluding hydrogens is 1240 g/mol. The molecule has 4 aliphatic carbocycles. The second-order valence-corrected chi connectivity index (χ2v) is 30.0. The fourth-order valence-corrected chi connectivity index (χ4v) is 17.3. The standard InChI is InChI=1S/C67H89N13O12S2/c1-42(2)54(73-28-46(68)34-94(88,89)90)31-72-48(11-9-23-70-61(69)86)29-71-47-17-15-44(16-18-47)33-91-63(87)78(25-22-57(81)82)26-27-92-67-38-64(4)35-65(5,39-67)37-66(36-64,40-67)41-80-43(3)51(30-74-80)49-19-20-56(76-58(49)60(84)85)79-24-21-45-10-8-12-50(52(45)32-79)59(83)77-62-75-53-13-6-7-14-55(53)93-62/h6-8,10,12-20,30,42,46,48,54,71-73H,9,11,21-29,31-41,68H2,1-5H3,(H,81,82)(H,84,85)(H3,69,70,86)(H,75,77,83)(H,88,89,90)/t46-,48+,54-,64?,65?,66?,67?/m1/s1. The Morgan fingerprint density at radius 3 is 2.32 bits per heavy atom. The van der Waals surface area contributed by atoms with Crippen LogP contribution in [-0.2, 0) is 50.5 Å². The summed E-state index contributed by atoms with van der Waals surface area (Å²) in [4.78, 5) is 76.8. The minimum Gasteiger partial charge on any atom is -0.481 e. The zero-order valence-corrected chi connectivity index (χ0v) is 55.8. The van der Waals surface area contributed by atoms with Crippen molar-refractivity contribution in [3.8, 4) is 11.1 Å². The summed E-state index contributed by atoms with van der Waals surface area (Å²) >= 11 is 1.41. The normalized spacial score (nSPS) is 21.6. The zero-order valence-electron chi connectivity index (χ0n) is 54.1. The number of aliphatic carboxylic acids is 1. The third-order valence-corrected chi connectivity index (χ3v) is 20.8. The first-order valence-corrected chi connectivity index (χ1v) is 34.7. The average molecular weight is 1330 g/mol. The number of anilines is 3. The van der Waals surface area contributed by atoms with Gasteiger partial charge in [-0.25, -0.2) is 24.4 Å². The Morgan fingerprint density at radius 1 is 0.862 bits per heavy atom. The van der Waals surface area contributed by atoms with Gasteiger partial charge < -0.3 is 62.2 Å². The monoisotopic (exact) mass is 1330 g/mol. The van der Waals surface area contributed by atoms with Gasteiger partial charge in [0.1, 0.15) is 12.4 Å². The van der Waals surface area contributed by atoms with Crippen molar-refractivity contribution < 1.29 is 56.6 Å². The number of para-hydroxylation sites is 1. The first-order valence-electron chi connectivity index (χ1n) is 32.3. The van der Waals surface area contributed by atoms with Crippen molar-refractivity contribution in [3.63, 3.8) is 0 Å². The fourth-order valence-electron chi connectivity index (χ4n) is 15.8. The minimum atomic E-state index is -4.22. The van der Waals surface area contributed by atoms with E-state index in [0.717, 1.165) is 76.8 Å². The largest absolute Gasteiger partial charge is 0.481 e. The fraction of sp³-hybridized carbons (Fsp3) is 0.522. The van der Waals surface area contributed by atoms with Crippen molar-refractivity contribution in [2.24, 2.45) is 33.6 Å². The molecular formula is C67H89N13O12S2. The van der Waals surface area contributed by atoms with Gasteiger partial charge in [0, 0.05) is 105 Å². The number of hydrogen-bond donors (Lipinski definition) is 10. The summed E-state index contributed by atoms with van der Waals surface area (Å²) in [7, 11) is -4.22. The number of ether oxygens (including phenoxy) is 2. The Kier molecular flexibility index (Phi) is 21.3. The number of hydrogen-bond acceptors (Lipinski definition) is 18. The van der Waals surface area contributed by atoms with Gasteiger partial charge in [0.25, 0.3) is 16.0 Å². The molecule has 0 radical (unpaired) electrons. The average Bonchev–Trinajstić information content (AvgIpc) is 0.760. The number of nitrogens with one attached hydrogen (secondary N) is 5. The highest BCUT2D eigenvalue weighted by Gasteiger charge is 2.66. The predicted octanol–water partition coefficient (Wildman–Crippen LogP) is 8.27. The van der Waals surface area contributed by atoms with E-state index in [1.54, 1.807) is 12.3 Å². The molecule has 4 amide bonds. The number of aromatic carboxylic acids is 1. The maximum absolute atomic E-state index is 13.8. The molecule has 12 N–H and O–H groups in total. The van der Waals surface area contributed by atoms with E-state index in [1.165, 1.54) is 16.2 Å². The molecule has 0 saturated heterocycles. The van der Waals surface area contributed by atoms with Gasteiger partial charge in [-0.05, 0) is 146 Å². The van der Waals surface area contributed by atoms with Crippen LogP contribution < -0.4 is 43.0 Å². The van der Waals surface area contributed by atoms with Gasteiger partial charge in [-0.3, -0.25) is 24.1 Å². The van der Waals surface area contributed by atoms with Gasteiger partial charge in [0.2, 0.25) is 0 Å². The lowest BCUT2D eigenvalue weighted by Crippen LogP contribution is -2.64. The predicted molar refractivity (Wildman–Crippen MR) is 360 cm³/mol. The van der Waals surface area contributed by atoms with Crippen molar-refractivity contribution >= 4 is 78.3 Å². The molecule has 94 heavy (non-hydrogen) atoms. The Morgan fingerprint density at radius 2 is 1.62 bits per heavy atom. The van der Waals surface area contributed by atoms with E-state index in [9.17, 15) is 47.2 Å². The molecule has 5 atom stereocenters. The van der Waals surface area contributed by atoms with Gasteiger partial charge in [0.15, 0.2) is 10.8 Å². The van der Waals surface area contributed by atoms with E-state index in [-0.39, 0.29) is 85.1 Å². The molecule has 6 aromatic rings. The molecule has 3 aromatic heterocycles. The molecule has 1 aliphatic heterocycles. The summed E-state index contributed by atoms with van der Waals surface area (Å²) in [5, 5.41) is 41.9. The molecule has 4 bridgehead atoms. The molecule has 3 aromatic carbocycles. The number of carbonyl (C=O) groups is 5. The number of nitrogens with zero attached hydrogens (tertiary/aromatic N) is 6. The Bertz CT molecular complexity index is 3790. The topological polar surface area (TPSA) is 361 Å². The number of carbonyl (C=O) groups excluding carboxylic acids is 3. The Labute approximate surface area is 552 Å². The number of amides is 4. The van der Waals surface area contributed by atoms with Crippen LogP contribution in [0.3, 0.4) is 0 Å². The first kappa shape index (κ1) is 69.1. The maximum atomic E-state index is 13.8. The Balaban J connectivity index is 0.752. The lowest BCUT2D eigenvalue weighted by Gasteiger charge is -2.69. The highest BCUT2D eigenvalue weighted by atomic mass is 32.2. The highest BCUT2D eigenvalue weighted by Crippen LogP contribution is 2.72. The van der Waals surface area contributed by atoms with E-state index >= 15 is 0 Å². The number of rotatable bonds is 32. The second-order valence-electron chi connectivity index (χ2n) is 27.5. The third-order valence-electron chi connectivity index (χ3n) is 19.0. The molecule has 0 spiro atoms. The molecule has 25 nitrogen and oxygen atoms in total. The summed E-state index contributed by atoms with van der Waals surface area (Å²) in [6.45, 7) is 14.0. The number of fused-ring (bicyclic) bond motifs is 2. The van der Waals surface area contributed by atoms with E-state index < -0.39 is 51.6 Å². The smallest absolute Gasteiger partial charge is 0.410 e. The molecule has 506 valence electrons. The van der Waals surface area contributed by atoms with Crippen molar-refractivity contribution in [1.82, 2.24) is 40.6 Å². The van der Waals surface area contributed by atoms with Gasteiger partial charge in [-0.1, -0.05) is 75.4 Å². The summed E-state index contributed by atoms with van der Waals surface area (Å²) in [5.41, 5.74) is 17.1. The number of aromatic nitrogens is 4.